The third-order valence-corrected chi connectivity index (χ3v) is 3.15. The lowest BCUT2D eigenvalue weighted by Gasteiger charge is -2.28. The Balaban J connectivity index is 2.98. The molecule has 0 radical (unpaired) electrons. The number of pyridine rings is 1. The van der Waals surface area contributed by atoms with Crippen molar-refractivity contribution in [2.24, 2.45) is 0 Å². The first-order valence-corrected chi connectivity index (χ1v) is 6.50. The topological polar surface area (TPSA) is 79.7 Å². The predicted molar refractivity (Wildman–Crippen MR) is 73.9 cm³/mol. The summed E-state index contributed by atoms with van der Waals surface area (Å²) in [6, 6.07) is 2.88. The number of hydrogen-bond acceptors (Lipinski definition) is 4. The number of carboxylic acids is 1. The van der Waals surface area contributed by atoms with Gasteiger partial charge in [-0.3, -0.25) is 4.79 Å². The summed E-state index contributed by atoms with van der Waals surface area (Å²) in [4.78, 5) is 28.8. The minimum atomic E-state index is -1.15. The van der Waals surface area contributed by atoms with Gasteiger partial charge in [0.25, 0.3) is 5.91 Å². The predicted octanol–water partition coefficient (Wildman–Crippen LogP) is 1.67. The van der Waals surface area contributed by atoms with Gasteiger partial charge < -0.3 is 14.7 Å². The summed E-state index contributed by atoms with van der Waals surface area (Å²) >= 11 is 0. The number of carbonyl (C=O) groups excluding carboxylic acids is 1. The first-order valence-electron chi connectivity index (χ1n) is 6.50. The van der Waals surface area contributed by atoms with E-state index in [9.17, 15) is 9.59 Å². The van der Waals surface area contributed by atoms with Gasteiger partial charge in [0.2, 0.25) is 0 Å². The van der Waals surface area contributed by atoms with Crippen molar-refractivity contribution in [2.75, 3.05) is 20.3 Å². The molecule has 0 aliphatic rings. The van der Waals surface area contributed by atoms with E-state index in [0.29, 0.717) is 18.7 Å². The average Bonchev–Trinajstić information content (AvgIpc) is 2.47. The zero-order chi connectivity index (χ0) is 15.1. The molecule has 0 aliphatic heterocycles. The lowest BCUT2D eigenvalue weighted by molar-refractivity contribution is 0.0613. The fourth-order valence-electron chi connectivity index (χ4n) is 1.78. The average molecular weight is 280 g/mol. The molecule has 1 aromatic heterocycles. The van der Waals surface area contributed by atoms with Crippen LogP contribution in [-0.4, -0.2) is 53.2 Å². The molecule has 0 fully saturated rings. The van der Waals surface area contributed by atoms with Crippen molar-refractivity contribution in [3.05, 3.63) is 29.6 Å². The highest BCUT2D eigenvalue weighted by Gasteiger charge is 2.21. The lowest BCUT2D eigenvalue weighted by atomic mass is 10.1. The molecule has 0 bridgehead atoms. The van der Waals surface area contributed by atoms with Gasteiger partial charge in [-0.05, 0) is 25.5 Å². The molecule has 6 nitrogen and oxygen atoms in total. The van der Waals surface area contributed by atoms with Gasteiger partial charge in [-0.1, -0.05) is 6.92 Å². The normalized spacial score (nSPS) is 11.9. The Bertz CT molecular complexity index is 476. The van der Waals surface area contributed by atoms with Crippen LogP contribution in [0.25, 0.3) is 0 Å². The number of aromatic carboxylic acids is 1. The van der Waals surface area contributed by atoms with E-state index in [4.69, 9.17) is 9.84 Å². The highest BCUT2D eigenvalue weighted by Crippen LogP contribution is 2.11. The van der Waals surface area contributed by atoms with Crippen LogP contribution in [0.15, 0.2) is 18.3 Å². The van der Waals surface area contributed by atoms with Crippen molar-refractivity contribution in [1.29, 1.82) is 0 Å². The van der Waals surface area contributed by atoms with Crippen LogP contribution < -0.4 is 0 Å². The molecule has 1 heterocycles. The zero-order valence-electron chi connectivity index (χ0n) is 12.0. The molecule has 0 saturated heterocycles. The van der Waals surface area contributed by atoms with E-state index in [1.54, 1.807) is 12.0 Å². The van der Waals surface area contributed by atoms with Gasteiger partial charge >= 0.3 is 5.97 Å². The first-order chi connectivity index (χ1) is 9.51. The number of hydrogen-bond donors (Lipinski definition) is 1. The van der Waals surface area contributed by atoms with Crippen molar-refractivity contribution >= 4 is 11.9 Å². The van der Waals surface area contributed by atoms with Crippen LogP contribution in [0, 0.1) is 0 Å². The smallest absolute Gasteiger partial charge is 0.354 e. The Morgan fingerprint density at radius 3 is 2.75 bits per heavy atom. The molecule has 20 heavy (non-hydrogen) atoms. The molecule has 1 atom stereocenters. The van der Waals surface area contributed by atoms with Crippen LogP contribution in [0.2, 0.25) is 0 Å². The van der Waals surface area contributed by atoms with Crippen molar-refractivity contribution in [3.8, 4) is 0 Å². The van der Waals surface area contributed by atoms with Crippen LogP contribution in [0.5, 0.6) is 0 Å². The van der Waals surface area contributed by atoms with Crippen LogP contribution in [0.3, 0.4) is 0 Å². The monoisotopic (exact) mass is 280 g/mol. The maximum Gasteiger partial charge on any atom is 0.354 e. The molecule has 0 spiro atoms. The van der Waals surface area contributed by atoms with Gasteiger partial charge in [-0.15, -0.1) is 0 Å². The maximum absolute atomic E-state index is 12.5. The van der Waals surface area contributed by atoms with E-state index < -0.39 is 5.97 Å². The van der Waals surface area contributed by atoms with Crippen molar-refractivity contribution in [1.82, 2.24) is 9.88 Å². The Hall–Kier alpha value is -1.95. The quantitative estimate of drug-likeness (QED) is 0.821. The minimum absolute atomic E-state index is 0.0547. The van der Waals surface area contributed by atoms with Crippen molar-refractivity contribution < 1.29 is 19.4 Å². The molecule has 1 aromatic rings. The minimum Gasteiger partial charge on any atom is -0.477 e. The highest BCUT2D eigenvalue weighted by molar-refractivity contribution is 5.96. The summed E-state index contributed by atoms with van der Waals surface area (Å²) in [5.74, 6) is -1.35. The Kier molecular flexibility index (Phi) is 6.11. The molecular formula is C14H20N2O4. The number of methoxy groups -OCH3 is 1. The van der Waals surface area contributed by atoms with E-state index in [1.807, 2.05) is 13.8 Å². The number of amides is 1. The number of carboxylic acid groups (broad SMARTS) is 1. The largest absolute Gasteiger partial charge is 0.477 e. The van der Waals surface area contributed by atoms with Crippen molar-refractivity contribution in [2.45, 2.75) is 26.3 Å². The fourth-order valence-corrected chi connectivity index (χ4v) is 1.78. The second-order valence-electron chi connectivity index (χ2n) is 4.48. The van der Waals surface area contributed by atoms with Crippen LogP contribution in [-0.2, 0) is 4.74 Å². The van der Waals surface area contributed by atoms with Crippen LogP contribution >= 0.6 is 0 Å². The molecular weight excluding hydrogens is 260 g/mol. The van der Waals surface area contributed by atoms with Gasteiger partial charge in [0.05, 0.1) is 6.61 Å². The summed E-state index contributed by atoms with van der Waals surface area (Å²) in [5.41, 5.74) is 0.195. The van der Waals surface area contributed by atoms with Crippen LogP contribution in [0.4, 0.5) is 0 Å². The summed E-state index contributed by atoms with van der Waals surface area (Å²) in [5, 5.41) is 8.92. The van der Waals surface area contributed by atoms with Crippen LogP contribution in [0.1, 0.15) is 41.1 Å². The van der Waals surface area contributed by atoms with Gasteiger partial charge in [-0.2, -0.15) is 0 Å². The van der Waals surface area contributed by atoms with Gasteiger partial charge in [0, 0.05) is 31.5 Å². The Morgan fingerprint density at radius 2 is 2.20 bits per heavy atom. The van der Waals surface area contributed by atoms with E-state index in [0.717, 1.165) is 6.42 Å². The molecule has 1 unspecified atom stereocenters. The molecule has 1 rings (SSSR count). The number of ether oxygens (including phenoxy) is 1. The molecule has 0 aromatic carbocycles. The van der Waals surface area contributed by atoms with E-state index in [1.165, 1.54) is 18.3 Å². The van der Waals surface area contributed by atoms with E-state index >= 15 is 0 Å². The Morgan fingerprint density at radius 1 is 1.50 bits per heavy atom. The first kappa shape index (κ1) is 16.1. The fraction of sp³-hybridized carbons (Fsp3) is 0.500. The number of nitrogens with zero attached hydrogens (tertiary/aromatic N) is 2. The number of aromatic nitrogens is 1. The van der Waals surface area contributed by atoms with E-state index in [-0.39, 0.29) is 17.6 Å². The third-order valence-electron chi connectivity index (χ3n) is 3.15. The number of carbonyl (C=O) groups is 2. The standard InChI is InChI=1S/C14H20N2O4/c1-4-10(2)16(7-8-20-3)13(17)11-5-6-15-12(9-11)14(18)19/h5-6,9-10H,4,7-8H2,1-3H3,(H,18,19). The second kappa shape index (κ2) is 7.59. The summed E-state index contributed by atoms with van der Waals surface area (Å²) < 4.78 is 5.01. The molecule has 0 saturated carbocycles. The Labute approximate surface area is 118 Å². The molecule has 1 amide bonds. The van der Waals surface area contributed by atoms with E-state index in [2.05, 4.69) is 4.98 Å². The molecule has 0 aliphatic carbocycles. The number of rotatable bonds is 7. The highest BCUT2D eigenvalue weighted by atomic mass is 16.5. The van der Waals surface area contributed by atoms with Gasteiger partial charge in [0.15, 0.2) is 0 Å². The molecule has 1 N–H and O–H groups in total. The SMILES string of the molecule is CCC(C)N(CCOC)C(=O)c1ccnc(C(=O)O)c1. The van der Waals surface area contributed by atoms with Gasteiger partial charge in [-0.25, -0.2) is 9.78 Å². The van der Waals surface area contributed by atoms with Crippen molar-refractivity contribution in [3.63, 3.8) is 0 Å². The summed E-state index contributed by atoms with van der Waals surface area (Å²) in [6.07, 6.45) is 2.15. The van der Waals surface area contributed by atoms with Gasteiger partial charge in [0.1, 0.15) is 5.69 Å². The summed E-state index contributed by atoms with van der Waals surface area (Å²) in [7, 11) is 1.58. The zero-order valence-corrected chi connectivity index (χ0v) is 12.0. The molecule has 110 valence electrons. The molecule has 6 heteroatoms. The third kappa shape index (κ3) is 4.03. The second-order valence-corrected chi connectivity index (χ2v) is 4.48. The lowest BCUT2D eigenvalue weighted by Crippen LogP contribution is -2.40. The maximum atomic E-state index is 12.5. The summed E-state index contributed by atoms with van der Waals surface area (Å²) in [6.45, 7) is 4.85.